The number of hydrogen-bond acceptors (Lipinski definition) is 4. The van der Waals surface area contributed by atoms with E-state index in [2.05, 4.69) is 27.1 Å². The molecular weight excluding hydrogens is 276 g/mol. The van der Waals surface area contributed by atoms with Gasteiger partial charge in [-0.2, -0.15) is 5.26 Å². The largest absolute Gasteiger partial charge is 0.477 e. The van der Waals surface area contributed by atoms with Crippen molar-refractivity contribution >= 4 is 17.1 Å². The molecule has 5 nitrogen and oxygen atoms in total. The molecule has 0 aliphatic rings. The van der Waals surface area contributed by atoms with Crippen LogP contribution in [0.2, 0.25) is 0 Å². The third-order valence-corrected chi connectivity index (χ3v) is 3.28. The summed E-state index contributed by atoms with van der Waals surface area (Å²) in [5.74, 6) is 0.528. The molecule has 0 amide bonds. The monoisotopic (exact) mass is 290 g/mol. The average Bonchev–Trinajstić information content (AvgIpc) is 2.98. The Morgan fingerprint density at radius 3 is 2.91 bits per heavy atom. The maximum Gasteiger partial charge on any atom is 0.226 e. The fourth-order valence-corrected chi connectivity index (χ4v) is 2.24. The summed E-state index contributed by atoms with van der Waals surface area (Å²) in [5, 5.41) is 9.46. The molecule has 108 valence electrons. The van der Waals surface area contributed by atoms with Crippen molar-refractivity contribution in [2.24, 2.45) is 0 Å². The molecule has 0 atom stereocenters. The van der Waals surface area contributed by atoms with Gasteiger partial charge in [-0.1, -0.05) is 30.3 Å². The van der Waals surface area contributed by atoms with Crippen LogP contribution >= 0.6 is 0 Å². The van der Waals surface area contributed by atoms with Gasteiger partial charge in [0.05, 0.1) is 18.1 Å². The van der Waals surface area contributed by atoms with Crippen LogP contribution in [0.4, 0.5) is 0 Å². The Morgan fingerprint density at radius 1 is 1.23 bits per heavy atom. The van der Waals surface area contributed by atoms with Crippen LogP contribution in [-0.2, 0) is 6.42 Å². The number of rotatable bonds is 5. The van der Waals surface area contributed by atoms with Crippen molar-refractivity contribution in [3.05, 3.63) is 60.1 Å². The average molecular weight is 290 g/mol. The molecule has 0 unspecified atom stereocenters. The first-order chi connectivity index (χ1) is 10.9. The van der Waals surface area contributed by atoms with Crippen molar-refractivity contribution in [1.29, 1.82) is 5.26 Å². The van der Waals surface area contributed by atoms with E-state index in [0.29, 0.717) is 18.1 Å². The summed E-state index contributed by atoms with van der Waals surface area (Å²) in [5.41, 5.74) is 2.75. The highest BCUT2D eigenvalue weighted by Gasteiger charge is 2.10. The summed E-state index contributed by atoms with van der Waals surface area (Å²) in [6.45, 7) is 0.530. The van der Waals surface area contributed by atoms with Gasteiger partial charge in [0.2, 0.25) is 5.88 Å². The zero-order valence-electron chi connectivity index (χ0n) is 11.9. The lowest BCUT2D eigenvalue weighted by Gasteiger charge is -2.06. The fourth-order valence-electron chi connectivity index (χ4n) is 2.24. The van der Waals surface area contributed by atoms with Crippen molar-refractivity contribution in [3.8, 4) is 11.9 Å². The molecule has 0 radical (unpaired) electrons. The molecule has 0 aliphatic carbocycles. The second kappa shape index (κ2) is 6.55. The Morgan fingerprint density at radius 2 is 2.09 bits per heavy atom. The van der Waals surface area contributed by atoms with Gasteiger partial charge in [0.1, 0.15) is 12.0 Å². The number of aromatic amines is 1. The smallest absolute Gasteiger partial charge is 0.226 e. The molecule has 0 spiro atoms. The Kier molecular flexibility index (Phi) is 4.12. The van der Waals surface area contributed by atoms with Crippen molar-refractivity contribution in [1.82, 2.24) is 15.0 Å². The predicted octanol–water partition coefficient (Wildman–Crippen LogP) is 3.12. The number of hydrogen-bond donors (Lipinski definition) is 1. The van der Waals surface area contributed by atoms with Gasteiger partial charge in [-0.25, -0.2) is 9.97 Å². The molecule has 2 heterocycles. The van der Waals surface area contributed by atoms with Crippen LogP contribution in [0, 0.1) is 11.3 Å². The van der Waals surface area contributed by atoms with Gasteiger partial charge in [-0.05, 0) is 11.6 Å². The Balaban J connectivity index is 1.80. The molecule has 1 aromatic carbocycles. The van der Waals surface area contributed by atoms with Crippen LogP contribution in [0.25, 0.3) is 17.1 Å². The number of fused-ring (bicyclic) bond motifs is 1. The minimum atomic E-state index is 0.528. The number of H-pyrrole nitrogens is 1. The Bertz CT molecular complexity index is 831. The van der Waals surface area contributed by atoms with Crippen LogP contribution < -0.4 is 4.74 Å². The molecular formula is C17H14N4O. The number of aromatic nitrogens is 3. The quantitative estimate of drug-likeness (QED) is 0.733. The number of nitrogens with zero attached hydrogens (tertiary/aromatic N) is 3. The van der Waals surface area contributed by atoms with Gasteiger partial charge in [0.25, 0.3) is 0 Å². The predicted molar refractivity (Wildman–Crippen MR) is 84.2 cm³/mol. The fraction of sp³-hybridized carbons (Fsp3) is 0.118. The molecule has 0 fully saturated rings. The summed E-state index contributed by atoms with van der Waals surface area (Å²) >= 11 is 0. The number of benzene rings is 1. The lowest BCUT2D eigenvalue weighted by atomic mass is 10.2. The van der Waals surface area contributed by atoms with Gasteiger partial charge in [-0.15, -0.1) is 0 Å². The van der Waals surface area contributed by atoms with E-state index in [-0.39, 0.29) is 0 Å². The second-order valence-electron chi connectivity index (χ2n) is 4.69. The molecule has 22 heavy (non-hydrogen) atoms. The summed E-state index contributed by atoms with van der Waals surface area (Å²) in [6.07, 6.45) is 7.20. The van der Waals surface area contributed by atoms with E-state index in [1.54, 1.807) is 12.3 Å². The molecule has 0 saturated carbocycles. The lowest BCUT2D eigenvalue weighted by Crippen LogP contribution is -2.03. The molecule has 0 bridgehead atoms. The highest BCUT2D eigenvalue weighted by molar-refractivity contribution is 5.90. The highest BCUT2D eigenvalue weighted by Crippen LogP contribution is 2.26. The molecule has 5 heteroatoms. The molecule has 3 rings (SSSR count). The van der Waals surface area contributed by atoms with E-state index in [9.17, 15) is 0 Å². The van der Waals surface area contributed by atoms with E-state index in [1.165, 1.54) is 18.0 Å². The van der Waals surface area contributed by atoms with Crippen LogP contribution in [0.1, 0.15) is 11.1 Å². The number of ether oxygens (including phenoxy) is 1. The van der Waals surface area contributed by atoms with Crippen molar-refractivity contribution < 1.29 is 4.74 Å². The zero-order chi connectivity index (χ0) is 15.2. The highest BCUT2D eigenvalue weighted by atomic mass is 16.5. The van der Waals surface area contributed by atoms with Gasteiger partial charge in [-0.3, -0.25) is 0 Å². The van der Waals surface area contributed by atoms with Crippen LogP contribution in [0.3, 0.4) is 0 Å². The van der Waals surface area contributed by atoms with E-state index in [0.717, 1.165) is 17.4 Å². The lowest BCUT2D eigenvalue weighted by molar-refractivity contribution is 0.313. The van der Waals surface area contributed by atoms with Crippen molar-refractivity contribution in [2.45, 2.75) is 6.42 Å². The molecule has 3 aromatic rings. The Labute approximate surface area is 127 Å². The molecule has 1 N–H and O–H groups in total. The third-order valence-electron chi connectivity index (χ3n) is 3.28. The van der Waals surface area contributed by atoms with Crippen molar-refractivity contribution in [3.63, 3.8) is 0 Å². The first kappa shape index (κ1) is 13.8. The topological polar surface area (TPSA) is 74.6 Å². The first-order valence-electron chi connectivity index (χ1n) is 6.93. The van der Waals surface area contributed by atoms with E-state index in [4.69, 9.17) is 10.00 Å². The normalized spacial score (nSPS) is 10.9. The maximum atomic E-state index is 8.66. The van der Waals surface area contributed by atoms with Crippen molar-refractivity contribution in [2.75, 3.05) is 6.61 Å². The van der Waals surface area contributed by atoms with Crippen LogP contribution in [-0.4, -0.2) is 21.6 Å². The van der Waals surface area contributed by atoms with Gasteiger partial charge in [0.15, 0.2) is 0 Å². The maximum absolute atomic E-state index is 8.66. The number of nitriles is 1. The molecule has 0 aliphatic heterocycles. The minimum Gasteiger partial charge on any atom is -0.477 e. The third kappa shape index (κ3) is 2.96. The minimum absolute atomic E-state index is 0.528. The molecule has 2 aromatic heterocycles. The summed E-state index contributed by atoms with van der Waals surface area (Å²) in [4.78, 5) is 11.4. The first-order valence-corrected chi connectivity index (χ1v) is 6.93. The van der Waals surface area contributed by atoms with E-state index < -0.39 is 0 Å². The van der Waals surface area contributed by atoms with Gasteiger partial charge in [0, 0.05) is 24.3 Å². The van der Waals surface area contributed by atoms with Gasteiger partial charge >= 0.3 is 0 Å². The Hall–Kier alpha value is -3.13. The summed E-state index contributed by atoms with van der Waals surface area (Å²) < 4.78 is 5.81. The van der Waals surface area contributed by atoms with E-state index in [1.807, 2.05) is 24.3 Å². The number of nitrogens with one attached hydrogen (secondary N) is 1. The second-order valence-corrected chi connectivity index (χ2v) is 4.69. The van der Waals surface area contributed by atoms with Crippen LogP contribution in [0.5, 0.6) is 5.88 Å². The SMILES string of the molecule is N#CC=Cc1c[nH]c2ncnc(OCCc3ccccc3)c12. The van der Waals surface area contributed by atoms with E-state index >= 15 is 0 Å². The standard InChI is InChI=1S/C17H14N4O/c18-9-4-7-14-11-19-16-15(14)17(21-12-20-16)22-10-8-13-5-2-1-3-6-13/h1-7,11-12H,8,10H2,(H,19,20,21). The molecule has 0 saturated heterocycles. The zero-order valence-corrected chi connectivity index (χ0v) is 11.9. The number of allylic oxidation sites excluding steroid dienone is 1. The summed E-state index contributed by atoms with van der Waals surface area (Å²) in [7, 11) is 0. The summed E-state index contributed by atoms with van der Waals surface area (Å²) in [6, 6.07) is 12.1. The van der Waals surface area contributed by atoms with Crippen LogP contribution in [0.15, 0.2) is 48.9 Å². The van der Waals surface area contributed by atoms with Gasteiger partial charge < -0.3 is 9.72 Å².